The maximum Gasteiger partial charge on any atom is 0.0102 e. The van der Waals surface area contributed by atoms with Crippen molar-refractivity contribution in [2.75, 3.05) is 0 Å². The first kappa shape index (κ1) is 17.3. The SMILES string of the molecule is CCC=C1c2cc3ccccc3cc2C(CCC)c2cc3ccccc3cc21. The maximum absolute atomic E-state index is 2.45. The van der Waals surface area contributed by atoms with E-state index in [9.17, 15) is 0 Å². The Morgan fingerprint density at radius 1 is 0.679 bits per heavy atom. The van der Waals surface area contributed by atoms with Crippen molar-refractivity contribution in [3.05, 3.63) is 101 Å². The van der Waals surface area contributed by atoms with Crippen LogP contribution in [0, 0.1) is 0 Å². The summed E-state index contributed by atoms with van der Waals surface area (Å²) < 4.78 is 0. The minimum atomic E-state index is 0.471. The summed E-state index contributed by atoms with van der Waals surface area (Å²) in [5.41, 5.74) is 7.28. The molecule has 0 spiro atoms. The zero-order valence-corrected chi connectivity index (χ0v) is 16.7. The van der Waals surface area contributed by atoms with Gasteiger partial charge in [0, 0.05) is 5.92 Å². The first-order valence-corrected chi connectivity index (χ1v) is 10.6. The largest absolute Gasteiger partial charge is 0.0763 e. The van der Waals surface area contributed by atoms with E-state index in [1.807, 2.05) is 0 Å². The fourth-order valence-electron chi connectivity index (χ4n) is 4.90. The summed E-state index contributed by atoms with van der Waals surface area (Å²) in [6, 6.07) is 27.3. The van der Waals surface area contributed by atoms with Crippen molar-refractivity contribution in [3.8, 4) is 0 Å². The normalized spacial score (nSPS) is 15.5. The fourth-order valence-corrected chi connectivity index (χ4v) is 4.90. The molecule has 28 heavy (non-hydrogen) atoms. The van der Waals surface area contributed by atoms with Gasteiger partial charge in [0.2, 0.25) is 0 Å². The van der Waals surface area contributed by atoms with Gasteiger partial charge in [-0.3, -0.25) is 0 Å². The summed E-state index contributed by atoms with van der Waals surface area (Å²) in [6.45, 7) is 4.55. The molecule has 0 amide bonds. The second-order valence-corrected chi connectivity index (χ2v) is 7.94. The van der Waals surface area contributed by atoms with Crippen LogP contribution in [0.25, 0.3) is 27.1 Å². The Bertz CT molecular complexity index is 1120. The highest BCUT2D eigenvalue weighted by Crippen LogP contribution is 2.47. The molecule has 0 aliphatic heterocycles. The second kappa shape index (κ2) is 6.95. The first-order valence-electron chi connectivity index (χ1n) is 10.6. The number of fused-ring (bicyclic) bond motifs is 4. The van der Waals surface area contributed by atoms with Crippen molar-refractivity contribution < 1.29 is 0 Å². The van der Waals surface area contributed by atoms with Crippen LogP contribution in [0.15, 0.2) is 78.9 Å². The van der Waals surface area contributed by atoms with Crippen LogP contribution in [0.4, 0.5) is 0 Å². The van der Waals surface area contributed by atoms with E-state index in [1.165, 1.54) is 62.2 Å². The molecule has 0 fully saturated rings. The van der Waals surface area contributed by atoms with Gasteiger partial charge in [-0.2, -0.15) is 0 Å². The van der Waals surface area contributed by atoms with Crippen molar-refractivity contribution in [1.29, 1.82) is 0 Å². The van der Waals surface area contributed by atoms with Crippen LogP contribution >= 0.6 is 0 Å². The van der Waals surface area contributed by atoms with Crippen molar-refractivity contribution in [2.45, 2.75) is 39.0 Å². The fraction of sp³-hybridized carbons (Fsp3) is 0.214. The Kier molecular flexibility index (Phi) is 4.28. The molecule has 0 nitrogen and oxygen atoms in total. The minimum Gasteiger partial charge on any atom is -0.0763 e. The van der Waals surface area contributed by atoms with E-state index in [1.54, 1.807) is 0 Å². The van der Waals surface area contributed by atoms with Crippen LogP contribution in [-0.2, 0) is 0 Å². The highest BCUT2D eigenvalue weighted by Gasteiger charge is 2.28. The van der Waals surface area contributed by atoms with Crippen LogP contribution < -0.4 is 0 Å². The van der Waals surface area contributed by atoms with Gasteiger partial charge in [0.05, 0.1) is 0 Å². The number of hydrogen-bond donors (Lipinski definition) is 0. The lowest BCUT2D eigenvalue weighted by molar-refractivity contribution is 0.692. The monoisotopic (exact) mass is 362 g/mol. The predicted molar refractivity (Wildman–Crippen MR) is 122 cm³/mol. The number of allylic oxidation sites excluding steroid dienone is 1. The molecule has 0 radical (unpaired) electrons. The predicted octanol–water partition coefficient (Wildman–Crippen LogP) is 8.08. The van der Waals surface area contributed by atoms with Gasteiger partial charge >= 0.3 is 0 Å². The molecule has 0 N–H and O–H groups in total. The van der Waals surface area contributed by atoms with Gasteiger partial charge in [0.25, 0.3) is 0 Å². The molecule has 5 rings (SSSR count). The van der Waals surface area contributed by atoms with E-state index in [0.29, 0.717) is 5.92 Å². The quantitative estimate of drug-likeness (QED) is 0.345. The van der Waals surface area contributed by atoms with Crippen molar-refractivity contribution in [3.63, 3.8) is 0 Å². The molecule has 0 saturated heterocycles. The van der Waals surface area contributed by atoms with E-state index < -0.39 is 0 Å². The lowest BCUT2D eigenvalue weighted by Gasteiger charge is -2.31. The molecule has 0 saturated carbocycles. The first-order chi connectivity index (χ1) is 13.8. The molecule has 0 heteroatoms. The van der Waals surface area contributed by atoms with Crippen LogP contribution in [0.1, 0.15) is 61.3 Å². The molecule has 0 aromatic heterocycles. The Morgan fingerprint density at radius 3 is 1.57 bits per heavy atom. The third kappa shape index (κ3) is 2.67. The van der Waals surface area contributed by atoms with E-state index >= 15 is 0 Å². The zero-order chi connectivity index (χ0) is 19.1. The van der Waals surface area contributed by atoms with Gasteiger partial charge in [-0.25, -0.2) is 0 Å². The summed E-state index contributed by atoms with van der Waals surface area (Å²) in [6.07, 6.45) is 5.85. The molecule has 138 valence electrons. The van der Waals surface area contributed by atoms with Crippen molar-refractivity contribution >= 4 is 27.1 Å². The topological polar surface area (TPSA) is 0 Å². The van der Waals surface area contributed by atoms with Gasteiger partial charge in [-0.05, 0) is 86.5 Å². The Labute approximate surface area is 167 Å². The number of rotatable bonds is 3. The van der Waals surface area contributed by atoms with Crippen LogP contribution in [0.3, 0.4) is 0 Å². The summed E-state index contributed by atoms with van der Waals surface area (Å²) in [7, 11) is 0. The summed E-state index contributed by atoms with van der Waals surface area (Å²) >= 11 is 0. The highest BCUT2D eigenvalue weighted by molar-refractivity contribution is 5.97. The Hall–Kier alpha value is -2.86. The third-order valence-electron chi connectivity index (χ3n) is 6.15. The molecule has 0 atom stereocenters. The molecule has 4 aromatic rings. The highest BCUT2D eigenvalue weighted by atomic mass is 14.3. The molecule has 1 aliphatic rings. The van der Waals surface area contributed by atoms with Gasteiger partial charge in [0.15, 0.2) is 0 Å². The van der Waals surface area contributed by atoms with Gasteiger partial charge in [-0.1, -0.05) is 74.9 Å². The molecule has 0 bridgehead atoms. The standard InChI is InChI=1S/C28H26/c1-3-9-23-25-15-19-11-5-7-13-21(19)17-27(25)24(10-4-2)28-18-22-14-8-6-12-20(22)16-26(23)28/h5-9,11-18,24H,3-4,10H2,1-2H3. The number of hydrogen-bond acceptors (Lipinski definition) is 0. The average Bonchev–Trinajstić information content (AvgIpc) is 2.74. The molecular weight excluding hydrogens is 336 g/mol. The molecule has 4 aromatic carbocycles. The molecule has 0 heterocycles. The second-order valence-electron chi connectivity index (χ2n) is 7.94. The Morgan fingerprint density at radius 2 is 1.14 bits per heavy atom. The van der Waals surface area contributed by atoms with E-state index in [0.717, 1.165) is 6.42 Å². The van der Waals surface area contributed by atoms with Crippen molar-refractivity contribution in [2.24, 2.45) is 0 Å². The lowest BCUT2D eigenvalue weighted by atomic mass is 9.72. The Balaban J connectivity index is 1.86. The summed E-state index contributed by atoms with van der Waals surface area (Å²) in [5, 5.41) is 5.37. The van der Waals surface area contributed by atoms with Crippen LogP contribution in [-0.4, -0.2) is 0 Å². The van der Waals surface area contributed by atoms with Gasteiger partial charge < -0.3 is 0 Å². The van der Waals surface area contributed by atoms with Gasteiger partial charge in [0.1, 0.15) is 0 Å². The lowest BCUT2D eigenvalue weighted by Crippen LogP contribution is -2.13. The third-order valence-corrected chi connectivity index (χ3v) is 6.15. The van der Waals surface area contributed by atoms with Crippen LogP contribution in [0.5, 0.6) is 0 Å². The summed E-state index contributed by atoms with van der Waals surface area (Å²) in [4.78, 5) is 0. The molecule has 1 aliphatic carbocycles. The van der Waals surface area contributed by atoms with E-state index in [4.69, 9.17) is 0 Å². The summed E-state index contributed by atoms with van der Waals surface area (Å²) in [5.74, 6) is 0.471. The number of benzene rings is 4. The zero-order valence-electron chi connectivity index (χ0n) is 16.7. The van der Waals surface area contributed by atoms with Crippen LogP contribution in [0.2, 0.25) is 0 Å². The van der Waals surface area contributed by atoms with Gasteiger partial charge in [-0.15, -0.1) is 0 Å². The maximum atomic E-state index is 2.45. The average molecular weight is 363 g/mol. The van der Waals surface area contributed by atoms with E-state index in [2.05, 4.69) is 92.7 Å². The molecule has 0 unspecified atom stereocenters. The molecular formula is C28H26. The minimum absolute atomic E-state index is 0.471. The van der Waals surface area contributed by atoms with E-state index in [-0.39, 0.29) is 0 Å². The van der Waals surface area contributed by atoms with Crippen molar-refractivity contribution in [1.82, 2.24) is 0 Å². The smallest absolute Gasteiger partial charge is 0.0102 e.